The predicted molar refractivity (Wildman–Crippen MR) is 107 cm³/mol. The van der Waals surface area contributed by atoms with E-state index in [1.807, 2.05) is 0 Å². The summed E-state index contributed by atoms with van der Waals surface area (Å²) >= 11 is 0. The van der Waals surface area contributed by atoms with Gasteiger partial charge in [-0.25, -0.2) is 0 Å². The van der Waals surface area contributed by atoms with Crippen LogP contribution < -0.4 is 0 Å². The Balaban J connectivity index is 2.03. The Labute approximate surface area is 144 Å². The highest BCUT2D eigenvalue weighted by Gasteiger charge is 2.18. The Bertz CT molecular complexity index is 936. The molecule has 116 valence electrons. The normalized spacial score (nSPS) is 11.0. The van der Waals surface area contributed by atoms with Crippen LogP contribution in [0.5, 0.6) is 0 Å². The lowest BCUT2D eigenvalue weighted by Crippen LogP contribution is -1.84. The van der Waals surface area contributed by atoms with Gasteiger partial charge in [0.05, 0.1) is 0 Å². The Kier molecular flexibility index (Phi) is 4.07. The van der Waals surface area contributed by atoms with Gasteiger partial charge in [0.15, 0.2) is 0 Å². The lowest BCUT2D eigenvalue weighted by molar-refractivity contribution is 1.56. The van der Waals surface area contributed by atoms with Gasteiger partial charge in [-0.05, 0) is 34.5 Å². The number of benzene rings is 3. The van der Waals surface area contributed by atoms with E-state index in [1.54, 1.807) is 0 Å². The average molecular weight is 326 g/mol. The van der Waals surface area contributed by atoms with Crippen LogP contribution in [0.3, 0.4) is 0 Å². The lowest BCUT2D eigenvalue weighted by atomic mass is 9.93. The minimum Gasteiger partial charge on any atom is -0.127 e. The molecule has 4 aromatic rings. The van der Waals surface area contributed by atoms with Crippen LogP contribution in [0.2, 0.25) is 0 Å². The van der Waals surface area contributed by atoms with Gasteiger partial charge in [-0.15, -0.1) is 8.19 Å². The standard InChI is InChI=1S/C23H19P/c1-17-21(18-11-5-2-6-12-18)22(19-13-7-3-8-14-19)23(24-17)20-15-9-4-10-16-20/h2-16,24H,1H3. The van der Waals surface area contributed by atoms with Gasteiger partial charge in [-0.2, -0.15) is 0 Å². The first-order valence-corrected chi connectivity index (χ1v) is 9.23. The molecule has 1 atom stereocenters. The summed E-state index contributed by atoms with van der Waals surface area (Å²) in [6.07, 6.45) is 0. The van der Waals surface area contributed by atoms with Crippen LogP contribution in [0.15, 0.2) is 91.0 Å². The van der Waals surface area contributed by atoms with Crippen molar-refractivity contribution in [2.45, 2.75) is 6.92 Å². The maximum absolute atomic E-state index is 2.28. The molecule has 1 heterocycles. The minimum atomic E-state index is 0.722. The molecule has 0 amide bonds. The lowest BCUT2D eigenvalue weighted by Gasteiger charge is -2.10. The first kappa shape index (κ1) is 15.0. The third-order valence-electron chi connectivity index (χ3n) is 4.37. The molecule has 0 radical (unpaired) electrons. The van der Waals surface area contributed by atoms with E-state index < -0.39 is 0 Å². The van der Waals surface area contributed by atoms with Crippen molar-refractivity contribution in [3.8, 4) is 33.1 Å². The van der Waals surface area contributed by atoms with Gasteiger partial charge in [0, 0.05) is 10.9 Å². The van der Waals surface area contributed by atoms with Crippen LogP contribution in [0.1, 0.15) is 5.30 Å². The molecule has 1 heteroatoms. The highest BCUT2D eigenvalue weighted by Crippen LogP contribution is 2.50. The van der Waals surface area contributed by atoms with E-state index in [2.05, 4.69) is 97.9 Å². The molecule has 4 rings (SSSR count). The highest BCUT2D eigenvalue weighted by atomic mass is 31.0. The van der Waals surface area contributed by atoms with E-state index >= 15 is 0 Å². The molecule has 1 unspecified atom stereocenters. The second-order valence-corrected chi connectivity index (χ2v) is 7.47. The van der Waals surface area contributed by atoms with Crippen LogP contribution in [0, 0.1) is 6.92 Å². The Morgan fingerprint density at radius 3 is 1.42 bits per heavy atom. The largest absolute Gasteiger partial charge is 0.127 e. The Morgan fingerprint density at radius 2 is 0.917 bits per heavy atom. The van der Waals surface area contributed by atoms with Crippen molar-refractivity contribution in [3.63, 3.8) is 0 Å². The summed E-state index contributed by atoms with van der Waals surface area (Å²) < 4.78 is 0. The van der Waals surface area contributed by atoms with E-state index in [4.69, 9.17) is 0 Å². The fraction of sp³-hybridized carbons (Fsp3) is 0.0435. The third kappa shape index (κ3) is 2.70. The predicted octanol–water partition coefficient (Wildman–Crippen LogP) is 7.03. The van der Waals surface area contributed by atoms with Gasteiger partial charge in [0.2, 0.25) is 0 Å². The summed E-state index contributed by atoms with van der Waals surface area (Å²) in [5.41, 5.74) is 6.75. The number of hydrogen-bond donors (Lipinski definition) is 0. The monoisotopic (exact) mass is 326 g/mol. The molecule has 0 spiro atoms. The van der Waals surface area contributed by atoms with Crippen molar-refractivity contribution in [2.75, 3.05) is 0 Å². The average Bonchev–Trinajstić information content (AvgIpc) is 3.01. The first-order chi connectivity index (χ1) is 11.8. The van der Waals surface area contributed by atoms with E-state index in [1.165, 1.54) is 38.4 Å². The summed E-state index contributed by atoms with van der Waals surface area (Å²) in [4.78, 5) is 0. The molecule has 24 heavy (non-hydrogen) atoms. The number of hydrogen-bond acceptors (Lipinski definition) is 0. The molecular formula is C23H19P. The van der Waals surface area contributed by atoms with Crippen LogP contribution in [0.25, 0.3) is 33.1 Å². The van der Waals surface area contributed by atoms with Crippen LogP contribution in [-0.2, 0) is 0 Å². The molecule has 0 bridgehead atoms. The molecule has 3 aromatic carbocycles. The van der Waals surface area contributed by atoms with Crippen molar-refractivity contribution in [1.82, 2.24) is 0 Å². The summed E-state index contributed by atoms with van der Waals surface area (Å²) in [5, 5.41) is 2.93. The van der Waals surface area contributed by atoms with E-state index in [0.717, 1.165) is 8.19 Å². The molecule has 1 aromatic heterocycles. The van der Waals surface area contributed by atoms with Gasteiger partial charge in [0.25, 0.3) is 0 Å². The first-order valence-electron chi connectivity index (χ1n) is 8.23. The quantitative estimate of drug-likeness (QED) is 0.379. The molecule has 0 fully saturated rings. The van der Waals surface area contributed by atoms with Crippen molar-refractivity contribution < 1.29 is 0 Å². The molecular weight excluding hydrogens is 307 g/mol. The van der Waals surface area contributed by atoms with Gasteiger partial charge < -0.3 is 0 Å². The van der Waals surface area contributed by atoms with Gasteiger partial charge >= 0.3 is 0 Å². The molecule has 0 aliphatic rings. The van der Waals surface area contributed by atoms with E-state index in [-0.39, 0.29) is 0 Å². The highest BCUT2D eigenvalue weighted by molar-refractivity contribution is 7.36. The molecule has 0 nitrogen and oxygen atoms in total. The van der Waals surface area contributed by atoms with Gasteiger partial charge in [-0.3, -0.25) is 0 Å². The molecule has 0 saturated carbocycles. The number of rotatable bonds is 3. The SMILES string of the molecule is Cc1[pH]c(-c2ccccc2)c(-c2ccccc2)c1-c1ccccc1. The molecule has 0 N–H and O–H groups in total. The molecule has 0 aliphatic carbocycles. The van der Waals surface area contributed by atoms with E-state index in [0.29, 0.717) is 0 Å². The molecule has 0 saturated heterocycles. The fourth-order valence-electron chi connectivity index (χ4n) is 3.31. The smallest absolute Gasteiger partial charge is 0.00691 e. The van der Waals surface area contributed by atoms with Crippen molar-refractivity contribution >= 4 is 8.19 Å². The van der Waals surface area contributed by atoms with E-state index in [9.17, 15) is 0 Å². The fourth-order valence-corrected chi connectivity index (χ4v) is 4.78. The maximum atomic E-state index is 2.28. The Hall–Kier alpha value is -2.56. The van der Waals surface area contributed by atoms with Crippen LogP contribution >= 0.6 is 8.19 Å². The summed E-state index contributed by atoms with van der Waals surface area (Å²) in [6.45, 7) is 2.28. The maximum Gasteiger partial charge on any atom is 0.00691 e. The minimum absolute atomic E-state index is 0.722. The van der Waals surface area contributed by atoms with Crippen LogP contribution in [-0.4, -0.2) is 0 Å². The Morgan fingerprint density at radius 1 is 0.500 bits per heavy atom. The zero-order valence-corrected chi connectivity index (χ0v) is 14.7. The topological polar surface area (TPSA) is 0 Å². The number of aryl methyl sites for hydroxylation is 1. The van der Waals surface area contributed by atoms with Gasteiger partial charge in [-0.1, -0.05) is 91.0 Å². The second kappa shape index (κ2) is 6.51. The van der Waals surface area contributed by atoms with Crippen LogP contribution in [0.4, 0.5) is 0 Å². The third-order valence-corrected chi connectivity index (χ3v) is 5.79. The summed E-state index contributed by atoms with van der Waals surface area (Å²) in [7, 11) is 0.722. The second-order valence-electron chi connectivity index (χ2n) is 5.97. The summed E-state index contributed by atoms with van der Waals surface area (Å²) in [5.74, 6) is 0. The zero-order chi connectivity index (χ0) is 16.4. The van der Waals surface area contributed by atoms with Crippen molar-refractivity contribution in [3.05, 3.63) is 96.3 Å². The van der Waals surface area contributed by atoms with Gasteiger partial charge in [0.1, 0.15) is 0 Å². The summed E-state index contributed by atoms with van der Waals surface area (Å²) in [6, 6.07) is 32.4. The van der Waals surface area contributed by atoms with Crippen molar-refractivity contribution in [1.29, 1.82) is 0 Å². The van der Waals surface area contributed by atoms with Crippen molar-refractivity contribution in [2.24, 2.45) is 0 Å². The zero-order valence-electron chi connectivity index (χ0n) is 13.7. The molecule has 0 aliphatic heterocycles.